The Morgan fingerprint density at radius 3 is 2.75 bits per heavy atom. The summed E-state index contributed by atoms with van der Waals surface area (Å²) >= 11 is 3.43. The van der Waals surface area contributed by atoms with E-state index in [0.717, 1.165) is 17.4 Å². The SMILES string of the molecule is OCCC(CO)NCCc1cccc(Br)c1. The largest absolute Gasteiger partial charge is 0.396 e. The van der Waals surface area contributed by atoms with Crippen LogP contribution in [0.5, 0.6) is 0 Å². The summed E-state index contributed by atoms with van der Waals surface area (Å²) in [7, 11) is 0. The van der Waals surface area contributed by atoms with Gasteiger partial charge in [-0.05, 0) is 37.1 Å². The van der Waals surface area contributed by atoms with Crippen molar-refractivity contribution in [3.63, 3.8) is 0 Å². The van der Waals surface area contributed by atoms with Crippen LogP contribution in [0.3, 0.4) is 0 Å². The summed E-state index contributed by atoms with van der Waals surface area (Å²) in [6.07, 6.45) is 1.51. The Hall–Kier alpha value is -0.420. The number of benzene rings is 1. The molecule has 1 rings (SSSR count). The zero-order valence-electron chi connectivity index (χ0n) is 9.19. The van der Waals surface area contributed by atoms with Crippen LogP contribution in [0, 0.1) is 0 Å². The highest BCUT2D eigenvalue weighted by atomic mass is 79.9. The summed E-state index contributed by atoms with van der Waals surface area (Å²) in [4.78, 5) is 0. The van der Waals surface area contributed by atoms with Crippen LogP contribution in [0.15, 0.2) is 28.7 Å². The van der Waals surface area contributed by atoms with E-state index in [1.54, 1.807) is 0 Å². The summed E-state index contributed by atoms with van der Waals surface area (Å²) in [6, 6.07) is 8.17. The van der Waals surface area contributed by atoms with Crippen molar-refractivity contribution < 1.29 is 10.2 Å². The Kier molecular flexibility index (Phi) is 6.64. The van der Waals surface area contributed by atoms with Crippen LogP contribution in [-0.2, 0) is 6.42 Å². The lowest BCUT2D eigenvalue weighted by Gasteiger charge is -2.14. The predicted molar refractivity (Wildman–Crippen MR) is 68.4 cm³/mol. The third-order valence-corrected chi connectivity index (χ3v) is 2.93. The molecule has 0 spiro atoms. The predicted octanol–water partition coefficient (Wildman–Crippen LogP) is 1.32. The molecule has 3 N–H and O–H groups in total. The highest BCUT2D eigenvalue weighted by Gasteiger charge is 2.04. The molecule has 1 aromatic rings. The first-order valence-corrected chi connectivity index (χ1v) is 6.25. The molecule has 0 amide bonds. The van der Waals surface area contributed by atoms with Gasteiger partial charge in [0.05, 0.1) is 6.61 Å². The molecule has 0 fully saturated rings. The van der Waals surface area contributed by atoms with Gasteiger partial charge in [0.15, 0.2) is 0 Å². The lowest BCUT2D eigenvalue weighted by atomic mass is 10.1. The maximum Gasteiger partial charge on any atom is 0.0585 e. The van der Waals surface area contributed by atoms with Crippen molar-refractivity contribution in [2.45, 2.75) is 18.9 Å². The molecule has 1 atom stereocenters. The summed E-state index contributed by atoms with van der Waals surface area (Å²) < 4.78 is 1.08. The van der Waals surface area contributed by atoms with E-state index in [9.17, 15) is 0 Å². The van der Waals surface area contributed by atoms with Gasteiger partial charge < -0.3 is 15.5 Å². The Morgan fingerprint density at radius 2 is 2.12 bits per heavy atom. The minimum absolute atomic E-state index is 0.00264. The first kappa shape index (κ1) is 13.6. The topological polar surface area (TPSA) is 52.5 Å². The quantitative estimate of drug-likeness (QED) is 0.709. The zero-order valence-corrected chi connectivity index (χ0v) is 10.8. The normalized spacial score (nSPS) is 12.7. The monoisotopic (exact) mass is 287 g/mol. The maximum atomic E-state index is 9.02. The summed E-state index contributed by atoms with van der Waals surface area (Å²) in [6.45, 7) is 0.982. The smallest absolute Gasteiger partial charge is 0.0585 e. The van der Waals surface area contributed by atoms with E-state index < -0.39 is 0 Å². The molecule has 4 heteroatoms. The van der Waals surface area contributed by atoms with Gasteiger partial charge in [-0.25, -0.2) is 0 Å². The van der Waals surface area contributed by atoms with Gasteiger partial charge in [0.25, 0.3) is 0 Å². The standard InChI is InChI=1S/C12H18BrNO2/c13-11-3-1-2-10(8-11)4-6-14-12(9-16)5-7-15/h1-3,8,12,14-16H,4-7,9H2. The molecule has 90 valence electrons. The molecule has 0 saturated carbocycles. The summed E-state index contributed by atoms with van der Waals surface area (Å²) in [5.74, 6) is 0. The average Bonchev–Trinajstić information content (AvgIpc) is 2.28. The Balaban J connectivity index is 2.29. The van der Waals surface area contributed by atoms with Crippen molar-refractivity contribution in [2.75, 3.05) is 19.8 Å². The minimum Gasteiger partial charge on any atom is -0.396 e. The van der Waals surface area contributed by atoms with E-state index >= 15 is 0 Å². The molecule has 0 bridgehead atoms. The molecular formula is C12H18BrNO2. The Bertz CT molecular complexity index is 307. The first-order chi connectivity index (χ1) is 7.76. The first-order valence-electron chi connectivity index (χ1n) is 5.46. The number of halogens is 1. The number of aliphatic hydroxyl groups is 2. The molecule has 0 saturated heterocycles. The van der Waals surface area contributed by atoms with E-state index in [2.05, 4.69) is 33.4 Å². The minimum atomic E-state index is -0.00264. The highest BCUT2D eigenvalue weighted by Crippen LogP contribution is 2.11. The molecule has 0 aliphatic carbocycles. The second-order valence-electron chi connectivity index (χ2n) is 3.73. The molecular weight excluding hydrogens is 270 g/mol. The molecule has 1 aromatic carbocycles. The zero-order chi connectivity index (χ0) is 11.8. The van der Waals surface area contributed by atoms with Gasteiger partial charge in [0.2, 0.25) is 0 Å². The van der Waals surface area contributed by atoms with Crippen molar-refractivity contribution in [3.05, 3.63) is 34.3 Å². The third-order valence-electron chi connectivity index (χ3n) is 2.43. The van der Waals surface area contributed by atoms with Crippen LogP contribution in [0.1, 0.15) is 12.0 Å². The van der Waals surface area contributed by atoms with Gasteiger partial charge in [-0.15, -0.1) is 0 Å². The van der Waals surface area contributed by atoms with E-state index in [4.69, 9.17) is 10.2 Å². The fraction of sp³-hybridized carbons (Fsp3) is 0.500. The van der Waals surface area contributed by atoms with E-state index in [1.165, 1.54) is 5.56 Å². The van der Waals surface area contributed by atoms with E-state index in [1.807, 2.05) is 12.1 Å². The second kappa shape index (κ2) is 7.79. The Morgan fingerprint density at radius 1 is 1.31 bits per heavy atom. The van der Waals surface area contributed by atoms with Gasteiger partial charge in [-0.1, -0.05) is 28.1 Å². The Labute approximate surface area is 105 Å². The molecule has 1 unspecified atom stereocenters. The van der Waals surface area contributed by atoms with Crippen molar-refractivity contribution in [1.29, 1.82) is 0 Å². The van der Waals surface area contributed by atoms with E-state index in [0.29, 0.717) is 6.42 Å². The number of hydrogen-bond acceptors (Lipinski definition) is 3. The molecule has 0 aliphatic rings. The molecule has 0 aliphatic heterocycles. The van der Waals surface area contributed by atoms with Crippen LogP contribution in [0.4, 0.5) is 0 Å². The van der Waals surface area contributed by atoms with Crippen LogP contribution >= 0.6 is 15.9 Å². The summed E-state index contributed by atoms with van der Waals surface area (Å²) in [5, 5.41) is 21.0. The number of rotatable bonds is 7. The lowest BCUT2D eigenvalue weighted by Crippen LogP contribution is -2.34. The van der Waals surface area contributed by atoms with Gasteiger partial charge in [-0.2, -0.15) is 0 Å². The van der Waals surface area contributed by atoms with Crippen LogP contribution in [-0.4, -0.2) is 36.0 Å². The summed E-state index contributed by atoms with van der Waals surface area (Å²) in [5.41, 5.74) is 1.25. The van der Waals surface area contributed by atoms with Gasteiger partial charge in [-0.3, -0.25) is 0 Å². The molecule has 3 nitrogen and oxygen atoms in total. The van der Waals surface area contributed by atoms with Gasteiger partial charge in [0.1, 0.15) is 0 Å². The molecule has 16 heavy (non-hydrogen) atoms. The van der Waals surface area contributed by atoms with Crippen molar-refractivity contribution in [1.82, 2.24) is 5.32 Å². The number of aliphatic hydroxyl groups excluding tert-OH is 2. The lowest BCUT2D eigenvalue weighted by molar-refractivity contribution is 0.201. The van der Waals surface area contributed by atoms with Gasteiger partial charge in [0, 0.05) is 17.1 Å². The molecule has 0 heterocycles. The van der Waals surface area contributed by atoms with Crippen LogP contribution in [0.25, 0.3) is 0 Å². The fourth-order valence-electron chi connectivity index (χ4n) is 1.53. The maximum absolute atomic E-state index is 9.02. The average molecular weight is 288 g/mol. The van der Waals surface area contributed by atoms with E-state index in [-0.39, 0.29) is 19.3 Å². The van der Waals surface area contributed by atoms with Crippen molar-refractivity contribution >= 4 is 15.9 Å². The third kappa shape index (κ3) is 5.07. The van der Waals surface area contributed by atoms with Crippen molar-refractivity contribution in [3.8, 4) is 0 Å². The van der Waals surface area contributed by atoms with Crippen LogP contribution < -0.4 is 5.32 Å². The molecule has 0 aromatic heterocycles. The van der Waals surface area contributed by atoms with Crippen LogP contribution in [0.2, 0.25) is 0 Å². The number of nitrogens with one attached hydrogen (secondary N) is 1. The number of hydrogen-bond donors (Lipinski definition) is 3. The highest BCUT2D eigenvalue weighted by molar-refractivity contribution is 9.10. The van der Waals surface area contributed by atoms with Crippen molar-refractivity contribution in [2.24, 2.45) is 0 Å². The molecule has 0 radical (unpaired) electrons. The second-order valence-corrected chi connectivity index (χ2v) is 4.64. The van der Waals surface area contributed by atoms with Gasteiger partial charge >= 0.3 is 0 Å². The fourth-order valence-corrected chi connectivity index (χ4v) is 1.97.